The van der Waals surface area contributed by atoms with Crippen LogP contribution >= 0.6 is 46.4 Å². The van der Waals surface area contributed by atoms with Crippen molar-refractivity contribution in [2.24, 2.45) is 0 Å². The average molecular weight is 494 g/mol. The van der Waals surface area contributed by atoms with Gasteiger partial charge in [-0.1, -0.05) is 82.8 Å². The first-order chi connectivity index (χ1) is 13.5. The smallest absolute Gasteiger partial charge is 0.283 e. The van der Waals surface area contributed by atoms with Gasteiger partial charge in [0.2, 0.25) is 0 Å². The van der Waals surface area contributed by atoms with E-state index in [2.05, 4.69) is 0 Å². The summed E-state index contributed by atoms with van der Waals surface area (Å²) in [5.74, 6) is -1.36. The second-order valence-electron chi connectivity index (χ2n) is 6.04. The molecule has 0 bridgehead atoms. The van der Waals surface area contributed by atoms with Crippen molar-refractivity contribution in [3.05, 3.63) is 91.4 Å². The fraction of sp³-hybridized carbons (Fsp3) is 0.0526. The molecule has 0 aliphatic heterocycles. The highest BCUT2D eigenvalue weighted by atomic mass is 35.5. The highest BCUT2D eigenvalue weighted by molar-refractivity contribution is 7.87. The first kappa shape index (κ1) is 22.0. The van der Waals surface area contributed by atoms with Crippen LogP contribution < -0.4 is 0 Å². The molecule has 5 nitrogen and oxygen atoms in total. The van der Waals surface area contributed by atoms with Crippen molar-refractivity contribution in [3.8, 4) is 11.5 Å². The van der Waals surface area contributed by atoms with Gasteiger partial charge in [-0.25, -0.2) is 0 Å². The summed E-state index contributed by atoms with van der Waals surface area (Å²) in [6.45, 7) is 0. The molecule has 0 amide bonds. The van der Waals surface area contributed by atoms with E-state index in [0.717, 1.165) is 12.1 Å². The van der Waals surface area contributed by atoms with Crippen molar-refractivity contribution in [1.29, 1.82) is 0 Å². The fourth-order valence-electron chi connectivity index (χ4n) is 3.20. The molecule has 0 aliphatic rings. The molecule has 0 heterocycles. The zero-order chi connectivity index (χ0) is 21.6. The lowest BCUT2D eigenvalue weighted by Crippen LogP contribution is -2.39. The van der Waals surface area contributed by atoms with Gasteiger partial charge in [0.25, 0.3) is 10.1 Å². The molecule has 3 aromatic carbocycles. The quantitative estimate of drug-likeness (QED) is 0.182. The van der Waals surface area contributed by atoms with E-state index < -0.39 is 31.4 Å². The number of halogens is 4. The van der Waals surface area contributed by atoms with Gasteiger partial charge in [0.1, 0.15) is 0 Å². The van der Waals surface area contributed by atoms with Crippen LogP contribution in [0.3, 0.4) is 0 Å². The number of phenols is 2. The molecule has 152 valence electrons. The van der Waals surface area contributed by atoms with E-state index in [1.165, 1.54) is 36.4 Å². The summed E-state index contributed by atoms with van der Waals surface area (Å²) >= 11 is 25.1. The van der Waals surface area contributed by atoms with Crippen LogP contribution in [0.4, 0.5) is 0 Å². The molecule has 1 atom stereocenters. The number of benzene rings is 3. The van der Waals surface area contributed by atoms with Crippen molar-refractivity contribution in [1.82, 2.24) is 0 Å². The first-order valence-corrected chi connectivity index (χ1v) is 10.9. The summed E-state index contributed by atoms with van der Waals surface area (Å²) in [4.78, 5) is 0. The molecule has 0 saturated heterocycles. The molecule has 0 aromatic heterocycles. The van der Waals surface area contributed by atoms with Crippen LogP contribution in [0.2, 0.25) is 20.1 Å². The largest absolute Gasteiger partial charge is 0.504 e. The van der Waals surface area contributed by atoms with E-state index >= 15 is 0 Å². The molecule has 0 spiro atoms. The van der Waals surface area contributed by atoms with E-state index in [1.807, 2.05) is 0 Å². The van der Waals surface area contributed by atoms with E-state index in [4.69, 9.17) is 46.4 Å². The maximum Gasteiger partial charge on any atom is 0.283 e. The zero-order valence-corrected chi connectivity index (χ0v) is 18.1. The number of hydrogen-bond acceptors (Lipinski definition) is 4. The summed E-state index contributed by atoms with van der Waals surface area (Å²) in [6.07, 6.45) is 0. The average Bonchev–Trinajstić information content (AvgIpc) is 2.67. The van der Waals surface area contributed by atoms with Crippen molar-refractivity contribution in [3.63, 3.8) is 0 Å². The van der Waals surface area contributed by atoms with Crippen LogP contribution in [-0.4, -0.2) is 23.2 Å². The lowest BCUT2D eigenvalue weighted by molar-refractivity contribution is 0.402. The summed E-state index contributed by atoms with van der Waals surface area (Å²) in [7, 11) is -5.10. The maximum atomic E-state index is 13.0. The molecule has 0 aliphatic carbocycles. The van der Waals surface area contributed by atoms with Crippen molar-refractivity contribution >= 4 is 56.5 Å². The lowest BCUT2D eigenvalue weighted by atomic mass is 9.83. The number of phenolic OH excluding ortho intramolecular Hbond substituents is 2. The Kier molecular flexibility index (Phi) is 5.98. The van der Waals surface area contributed by atoms with E-state index in [-0.39, 0.29) is 31.8 Å². The Labute approximate surface area is 186 Å². The van der Waals surface area contributed by atoms with Gasteiger partial charge < -0.3 is 10.2 Å². The third kappa shape index (κ3) is 3.44. The Balaban J connectivity index is 2.67. The molecule has 1 unspecified atom stereocenters. The highest BCUT2D eigenvalue weighted by Crippen LogP contribution is 2.54. The Morgan fingerprint density at radius 2 is 1.34 bits per heavy atom. The monoisotopic (exact) mass is 492 g/mol. The minimum absolute atomic E-state index is 0.0193. The first-order valence-electron chi connectivity index (χ1n) is 7.91. The maximum absolute atomic E-state index is 13.0. The van der Waals surface area contributed by atoms with E-state index in [0.29, 0.717) is 0 Å². The van der Waals surface area contributed by atoms with Crippen molar-refractivity contribution < 1.29 is 23.2 Å². The molecule has 0 saturated carbocycles. The van der Waals surface area contributed by atoms with Gasteiger partial charge in [0.15, 0.2) is 16.2 Å². The van der Waals surface area contributed by atoms with Crippen LogP contribution in [0.15, 0.2) is 54.6 Å². The second-order valence-corrected chi connectivity index (χ2v) is 9.17. The Morgan fingerprint density at radius 3 is 1.93 bits per heavy atom. The van der Waals surface area contributed by atoms with Crippen LogP contribution in [-0.2, 0) is 14.9 Å². The van der Waals surface area contributed by atoms with Crippen LogP contribution in [0.1, 0.15) is 16.7 Å². The van der Waals surface area contributed by atoms with Gasteiger partial charge in [0, 0.05) is 16.1 Å². The third-order valence-corrected chi connectivity index (χ3v) is 7.37. The molecule has 3 aromatic rings. The molecule has 3 N–H and O–H groups in total. The van der Waals surface area contributed by atoms with Gasteiger partial charge in [0.05, 0.1) is 15.1 Å². The van der Waals surface area contributed by atoms with Gasteiger partial charge >= 0.3 is 0 Å². The topological polar surface area (TPSA) is 94.8 Å². The normalized spacial score (nSPS) is 13.8. The number of hydrogen-bond donors (Lipinski definition) is 3. The second kappa shape index (κ2) is 7.87. The molecular formula is C19H12Cl4O5S. The summed E-state index contributed by atoms with van der Waals surface area (Å²) < 4.78 is 34.1. The molecule has 0 fully saturated rings. The molecule has 3 rings (SSSR count). The number of rotatable bonds is 4. The third-order valence-electron chi connectivity index (χ3n) is 4.44. The molecular weight excluding hydrogens is 482 g/mol. The van der Waals surface area contributed by atoms with E-state index in [1.54, 1.807) is 6.07 Å². The summed E-state index contributed by atoms with van der Waals surface area (Å²) in [5, 5.41) is 19.0. The predicted molar refractivity (Wildman–Crippen MR) is 114 cm³/mol. The van der Waals surface area contributed by atoms with Crippen LogP contribution in [0, 0.1) is 0 Å². The van der Waals surface area contributed by atoms with E-state index in [9.17, 15) is 23.2 Å². The number of aromatic hydroxyl groups is 2. The van der Waals surface area contributed by atoms with Crippen molar-refractivity contribution in [2.45, 2.75) is 4.75 Å². The predicted octanol–water partition coefficient (Wildman–Crippen LogP) is 5.89. The van der Waals surface area contributed by atoms with Crippen LogP contribution in [0.25, 0.3) is 0 Å². The SMILES string of the molecule is O=S(=O)(O)C(c1ccccc1)(c1ccc(O)c(O)c1Cl)c1c(Cl)ccc(Cl)c1Cl. The minimum Gasteiger partial charge on any atom is -0.504 e. The zero-order valence-electron chi connectivity index (χ0n) is 14.3. The van der Waals surface area contributed by atoms with Gasteiger partial charge in [-0.15, -0.1) is 0 Å². The summed E-state index contributed by atoms with van der Waals surface area (Å²) in [6, 6.07) is 12.4. The van der Waals surface area contributed by atoms with Crippen molar-refractivity contribution in [2.75, 3.05) is 0 Å². The summed E-state index contributed by atoms with van der Waals surface area (Å²) in [5.41, 5.74) is -0.510. The highest BCUT2D eigenvalue weighted by Gasteiger charge is 2.52. The molecule has 10 heteroatoms. The molecule has 29 heavy (non-hydrogen) atoms. The standard InChI is InChI=1S/C19H12Cl4O5S/c20-12-7-8-13(21)17(23)15(12)19(29(26,27)28,10-4-2-1-3-5-10)11-6-9-14(24)18(25)16(11)22/h1-9,24-25H,(H,26,27,28). The Morgan fingerprint density at radius 1 is 0.759 bits per heavy atom. The lowest BCUT2D eigenvalue weighted by Gasteiger charge is -2.34. The van der Waals surface area contributed by atoms with Gasteiger partial charge in [-0.3, -0.25) is 4.55 Å². The fourth-order valence-corrected chi connectivity index (χ4v) is 5.83. The minimum atomic E-state index is -5.10. The van der Waals surface area contributed by atoms with Gasteiger partial charge in [-0.2, -0.15) is 8.42 Å². The van der Waals surface area contributed by atoms with Gasteiger partial charge in [-0.05, 0) is 23.8 Å². The Hall–Kier alpha value is -1.67. The Bertz CT molecular complexity index is 1200. The molecule has 0 radical (unpaired) electrons. The van der Waals surface area contributed by atoms with Crippen LogP contribution in [0.5, 0.6) is 11.5 Å².